The van der Waals surface area contributed by atoms with Crippen molar-refractivity contribution in [2.45, 2.75) is 25.7 Å². The Kier molecular flexibility index (Phi) is 4.70. The van der Waals surface area contributed by atoms with Gasteiger partial charge in [0.05, 0.1) is 0 Å². The molecule has 22 heavy (non-hydrogen) atoms. The molecule has 0 saturated heterocycles. The first-order valence-electron chi connectivity index (χ1n) is 7.98. The zero-order valence-corrected chi connectivity index (χ0v) is 13.1. The van der Waals surface area contributed by atoms with Crippen LogP contribution in [0, 0.1) is 0 Å². The van der Waals surface area contributed by atoms with Crippen LogP contribution >= 0.6 is 0 Å². The topological polar surface area (TPSA) is 0 Å². The highest BCUT2D eigenvalue weighted by Gasteiger charge is 2.11. The molecule has 3 rings (SSSR count). The Balaban J connectivity index is 1.81. The van der Waals surface area contributed by atoms with Gasteiger partial charge in [0.25, 0.3) is 0 Å². The van der Waals surface area contributed by atoms with Crippen molar-refractivity contribution in [1.82, 2.24) is 0 Å². The number of benzene rings is 3. The summed E-state index contributed by atoms with van der Waals surface area (Å²) in [5.74, 6) is 0.530. The highest BCUT2D eigenvalue weighted by atomic mass is 14.2. The van der Waals surface area contributed by atoms with Gasteiger partial charge in [-0.05, 0) is 41.0 Å². The van der Waals surface area contributed by atoms with Crippen LogP contribution in [0.1, 0.15) is 35.1 Å². The van der Waals surface area contributed by atoms with Crippen LogP contribution in [-0.4, -0.2) is 0 Å². The van der Waals surface area contributed by atoms with Gasteiger partial charge in [0, 0.05) is 0 Å². The Morgan fingerprint density at radius 2 is 1.18 bits per heavy atom. The molecule has 0 N–H and O–H groups in total. The van der Waals surface area contributed by atoms with E-state index in [2.05, 4.69) is 91.9 Å². The molecule has 1 atom stereocenters. The molecule has 0 heterocycles. The summed E-state index contributed by atoms with van der Waals surface area (Å²) in [5.41, 5.74) is 5.69. The van der Waals surface area contributed by atoms with Gasteiger partial charge in [0.2, 0.25) is 0 Å². The molecule has 0 bridgehead atoms. The maximum Gasteiger partial charge on any atom is -0.00229 e. The van der Waals surface area contributed by atoms with Crippen molar-refractivity contribution in [2.24, 2.45) is 0 Å². The molecule has 3 aromatic carbocycles. The first-order chi connectivity index (χ1) is 10.8. The minimum absolute atomic E-state index is 0.530. The predicted molar refractivity (Wildman–Crippen MR) is 94.3 cm³/mol. The fourth-order valence-corrected chi connectivity index (χ4v) is 3.07. The first kappa shape index (κ1) is 14.6. The lowest BCUT2D eigenvalue weighted by atomic mass is 9.88. The maximum absolute atomic E-state index is 2.33. The van der Waals surface area contributed by atoms with Gasteiger partial charge in [0.15, 0.2) is 0 Å². The zero-order valence-electron chi connectivity index (χ0n) is 13.1. The molecule has 0 saturated carbocycles. The van der Waals surface area contributed by atoms with E-state index in [1.54, 1.807) is 0 Å². The van der Waals surface area contributed by atoms with Gasteiger partial charge in [-0.3, -0.25) is 0 Å². The van der Waals surface area contributed by atoms with Crippen LogP contribution in [0.2, 0.25) is 0 Å². The third kappa shape index (κ3) is 3.65. The summed E-state index contributed by atoms with van der Waals surface area (Å²) in [4.78, 5) is 0. The third-order valence-electron chi connectivity index (χ3n) is 4.21. The van der Waals surface area contributed by atoms with Gasteiger partial charge < -0.3 is 0 Å². The number of hydrogen-bond acceptors (Lipinski definition) is 0. The van der Waals surface area contributed by atoms with Gasteiger partial charge in [-0.25, -0.2) is 0 Å². The van der Waals surface area contributed by atoms with Gasteiger partial charge in [-0.15, -0.1) is 0 Å². The molecule has 0 aliphatic rings. The van der Waals surface area contributed by atoms with Crippen LogP contribution in [0.3, 0.4) is 0 Å². The quantitative estimate of drug-likeness (QED) is 0.570. The summed E-state index contributed by atoms with van der Waals surface area (Å²) < 4.78 is 0. The zero-order chi connectivity index (χ0) is 15.2. The second kappa shape index (κ2) is 7.09. The van der Waals surface area contributed by atoms with Gasteiger partial charge >= 0.3 is 0 Å². The Labute approximate surface area is 133 Å². The largest absolute Gasteiger partial charge is 0.0622 e. The molecule has 0 fully saturated rings. The molecule has 1 unspecified atom stereocenters. The molecule has 0 spiro atoms. The highest BCUT2D eigenvalue weighted by molar-refractivity contribution is 5.35. The van der Waals surface area contributed by atoms with Crippen LogP contribution in [0.15, 0.2) is 84.9 Å². The SMILES string of the molecule is CC(Cc1ccccc1)c1ccccc1Cc1ccccc1. The smallest absolute Gasteiger partial charge is 0.00229 e. The van der Waals surface area contributed by atoms with E-state index in [1.165, 1.54) is 22.3 Å². The molecule has 110 valence electrons. The van der Waals surface area contributed by atoms with Crippen LogP contribution in [0.25, 0.3) is 0 Å². The van der Waals surface area contributed by atoms with E-state index in [1.807, 2.05) is 0 Å². The number of rotatable bonds is 5. The lowest BCUT2D eigenvalue weighted by Crippen LogP contribution is -2.03. The summed E-state index contributed by atoms with van der Waals surface area (Å²) in [5, 5.41) is 0. The van der Waals surface area contributed by atoms with Crippen LogP contribution in [-0.2, 0) is 12.8 Å². The lowest BCUT2D eigenvalue weighted by Gasteiger charge is -2.17. The van der Waals surface area contributed by atoms with Crippen molar-refractivity contribution in [2.75, 3.05) is 0 Å². The van der Waals surface area contributed by atoms with Crippen molar-refractivity contribution in [3.63, 3.8) is 0 Å². The standard InChI is InChI=1S/C22H22/c1-18(16-19-10-4-2-5-11-19)22-15-9-8-14-21(22)17-20-12-6-3-7-13-20/h2-15,18H,16-17H2,1H3. The van der Waals surface area contributed by atoms with E-state index in [4.69, 9.17) is 0 Å². The summed E-state index contributed by atoms with van der Waals surface area (Å²) in [6, 6.07) is 30.3. The van der Waals surface area contributed by atoms with Gasteiger partial charge in [0.1, 0.15) is 0 Å². The molecule has 0 aliphatic heterocycles. The van der Waals surface area contributed by atoms with E-state index in [9.17, 15) is 0 Å². The van der Waals surface area contributed by atoms with E-state index in [-0.39, 0.29) is 0 Å². The Bertz CT molecular complexity index is 698. The summed E-state index contributed by atoms with van der Waals surface area (Å²) >= 11 is 0. The van der Waals surface area contributed by atoms with Gasteiger partial charge in [-0.1, -0.05) is 91.9 Å². The third-order valence-corrected chi connectivity index (χ3v) is 4.21. The molecule has 0 nitrogen and oxygen atoms in total. The Morgan fingerprint density at radius 3 is 1.86 bits per heavy atom. The highest BCUT2D eigenvalue weighted by Crippen LogP contribution is 2.25. The van der Waals surface area contributed by atoms with Crippen LogP contribution in [0.5, 0.6) is 0 Å². The Morgan fingerprint density at radius 1 is 0.636 bits per heavy atom. The van der Waals surface area contributed by atoms with Gasteiger partial charge in [-0.2, -0.15) is 0 Å². The second-order valence-corrected chi connectivity index (χ2v) is 5.95. The Hall–Kier alpha value is -2.34. The minimum Gasteiger partial charge on any atom is -0.0622 e. The van der Waals surface area contributed by atoms with Crippen molar-refractivity contribution in [1.29, 1.82) is 0 Å². The first-order valence-corrected chi connectivity index (χ1v) is 7.98. The average molecular weight is 286 g/mol. The van der Waals surface area contributed by atoms with Crippen molar-refractivity contribution >= 4 is 0 Å². The van der Waals surface area contributed by atoms with E-state index >= 15 is 0 Å². The predicted octanol–water partition coefficient (Wildman–Crippen LogP) is 5.62. The fourth-order valence-electron chi connectivity index (χ4n) is 3.07. The van der Waals surface area contributed by atoms with Crippen LogP contribution < -0.4 is 0 Å². The molecular weight excluding hydrogens is 264 g/mol. The maximum atomic E-state index is 2.33. The summed E-state index contributed by atoms with van der Waals surface area (Å²) in [7, 11) is 0. The molecule has 3 aromatic rings. The van der Waals surface area contributed by atoms with Crippen molar-refractivity contribution < 1.29 is 0 Å². The second-order valence-electron chi connectivity index (χ2n) is 5.95. The molecule has 0 radical (unpaired) electrons. The molecule has 0 amide bonds. The van der Waals surface area contributed by atoms with Crippen molar-refractivity contribution in [3.8, 4) is 0 Å². The molecule has 0 aromatic heterocycles. The summed E-state index contributed by atoms with van der Waals surface area (Å²) in [6.07, 6.45) is 2.10. The molecule has 0 heteroatoms. The fraction of sp³-hybridized carbons (Fsp3) is 0.182. The lowest BCUT2D eigenvalue weighted by molar-refractivity contribution is 0.749. The average Bonchev–Trinajstić information content (AvgIpc) is 2.57. The van der Waals surface area contributed by atoms with E-state index < -0.39 is 0 Å². The van der Waals surface area contributed by atoms with Crippen LogP contribution in [0.4, 0.5) is 0 Å². The van der Waals surface area contributed by atoms with E-state index in [0.717, 1.165) is 12.8 Å². The minimum atomic E-state index is 0.530. The molecular formula is C22H22. The normalized spacial score (nSPS) is 12.0. The molecule has 0 aliphatic carbocycles. The van der Waals surface area contributed by atoms with E-state index in [0.29, 0.717) is 5.92 Å². The van der Waals surface area contributed by atoms with Crippen molar-refractivity contribution in [3.05, 3.63) is 107 Å². The summed E-state index contributed by atoms with van der Waals surface area (Å²) in [6.45, 7) is 2.33. The monoisotopic (exact) mass is 286 g/mol. The number of hydrogen-bond donors (Lipinski definition) is 0.